The van der Waals surface area contributed by atoms with Crippen molar-refractivity contribution in [3.8, 4) is 0 Å². The number of rotatable bonds is 5. The molecule has 1 aliphatic heterocycles. The summed E-state index contributed by atoms with van der Waals surface area (Å²) in [5, 5.41) is 0. The first-order chi connectivity index (χ1) is 14.0. The Morgan fingerprint density at radius 1 is 1.10 bits per heavy atom. The molecule has 0 atom stereocenters. The van der Waals surface area contributed by atoms with E-state index < -0.39 is 11.8 Å². The highest BCUT2D eigenvalue weighted by Crippen LogP contribution is 2.30. The van der Waals surface area contributed by atoms with Gasteiger partial charge in [-0.2, -0.15) is 0 Å². The SMILES string of the molecule is O=C(CN1C(=O)/C(=C/C=C/c2ccccc2)SC1=S)NNC(=O)c1ccncc1. The summed E-state index contributed by atoms with van der Waals surface area (Å²) in [5.74, 6) is -1.41. The molecule has 3 amide bonds. The maximum atomic E-state index is 12.5. The second-order valence-electron chi connectivity index (χ2n) is 5.80. The number of nitrogens with one attached hydrogen (secondary N) is 2. The third kappa shape index (κ3) is 5.59. The first-order valence-corrected chi connectivity index (χ1v) is 9.73. The summed E-state index contributed by atoms with van der Waals surface area (Å²) >= 11 is 6.32. The van der Waals surface area contributed by atoms with Crippen LogP contribution in [0.15, 0.2) is 71.9 Å². The van der Waals surface area contributed by atoms with E-state index in [1.165, 1.54) is 29.4 Å². The third-order valence-electron chi connectivity index (χ3n) is 3.77. The van der Waals surface area contributed by atoms with Crippen LogP contribution in [0, 0.1) is 0 Å². The van der Waals surface area contributed by atoms with Gasteiger partial charge in [0.1, 0.15) is 10.9 Å². The molecule has 0 aliphatic carbocycles. The summed E-state index contributed by atoms with van der Waals surface area (Å²) in [7, 11) is 0. The van der Waals surface area contributed by atoms with Crippen LogP contribution in [0.3, 0.4) is 0 Å². The summed E-state index contributed by atoms with van der Waals surface area (Å²) in [4.78, 5) is 41.9. The zero-order valence-corrected chi connectivity index (χ0v) is 16.7. The lowest BCUT2D eigenvalue weighted by Gasteiger charge is -2.14. The van der Waals surface area contributed by atoms with Crippen molar-refractivity contribution >= 4 is 52.1 Å². The van der Waals surface area contributed by atoms with Crippen LogP contribution >= 0.6 is 24.0 Å². The summed E-state index contributed by atoms with van der Waals surface area (Å²) in [5.41, 5.74) is 5.91. The van der Waals surface area contributed by atoms with Gasteiger partial charge >= 0.3 is 0 Å². The highest BCUT2D eigenvalue weighted by atomic mass is 32.2. The summed E-state index contributed by atoms with van der Waals surface area (Å²) in [6.45, 7) is -0.291. The number of hydrogen-bond donors (Lipinski definition) is 2. The monoisotopic (exact) mass is 424 g/mol. The minimum atomic E-state index is -0.565. The highest BCUT2D eigenvalue weighted by Gasteiger charge is 2.33. The van der Waals surface area contributed by atoms with Crippen molar-refractivity contribution < 1.29 is 14.4 Å². The van der Waals surface area contributed by atoms with E-state index in [4.69, 9.17) is 12.2 Å². The lowest BCUT2D eigenvalue weighted by Crippen LogP contribution is -2.47. The van der Waals surface area contributed by atoms with Gasteiger partial charge in [-0.15, -0.1) is 0 Å². The Bertz CT molecular complexity index is 991. The van der Waals surface area contributed by atoms with E-state index in [1.807, 2.05) is 36.4 Å². The van der Waals surface area contributed by atoms with Gasteiger partial charge in [-0.3, -0.25) is 35.1 Å². The molecule has 2 N–H and O–H groups in total. The van der Waals surface area contributed by atoms with Crippen LogP contribution < -0.4 is 10.9 Å². The van der Waals surface area contributed by atoms with Crippen LogP contribution in [0.2, 0.25) is 0 Å². The third-order valence-corrected chi connectivity index (χ3v) is 5.17. The van der Waals surface area contributed by atoms with Crippen molar-refractivity contribution in [3.05, 3.63) is 83.0 Å². The van der Waals surface area contributed by atoms with Crippen LogP contribution in [0.4, 0.5) is 0 Å². The number of thiocarbonyl (C=S) groups is 1. The number of benzene rings is 1. The lowest BCUT2D eigenvalue weighted by molar-refractivity contribution is -0.129. The maximum absolute atomic E-state index is 12.5. The molecule has 9 heteroatoms. The first kappa shape index (κ1) is 20.4. The maximum Gasteiger partial charge on any atom is 0.269 e. The van der Waals surface area contributed by atoms with Crippen molar-refractivity contribution in [1.82, 2.24) is 20.7 Å². The standard InChI is InChI=1S/C20H16N4O3S2/c25-17(22-23-18(26)15-9-11-21-12-10-15)13-24-19(27)16(29-20(24)28)8-4-7-14-5-2-1-3-6-14/h1-12H,13H2,(H,22,25)(H,23,26)/b7-4+,16-8-. The smallest absolute Gasteiger partial charge is 0.269 e. The molecule has 1 fully saturated rings. The number of thioether (sulfide) groups is 1. The van der Waals surface area contributed by atoms with E-state index in [0.29, 0.717) is 10.5 Å². The fourth-order valence-corrected chi connectivity index (χ4v) is 3.55. The lowest BCUT2D eigenvalue weighted by atomic mass is 10.2. The number of amides is 3. The second kappa shape index (κ2) is 9.76. The number of allylic oxidation sites excluding steroid dienone is 2. The van der Waals surface area contributed by atoms with E-state index in [1.54, 1.807) is 12.2 Å². The molecular formula is C20H16N4O3S2. The molecule has 146 valence electrons. The van der Waals surface area contributed by atoms with Crippen molar-refractivity contribution in [2.24, 2.45) is 0 Å². The van der Waals surface area contributed by atoms with Gasteiger partial charge in [0.25, 0.3) is 17.7 Å². The fraction of sp³-hybridized carbons (Fsp3) is 0.0500. The molecule has 0 saturated carbocycles. The van der Waals surface area contributed by atoms with Gasteiger partial charge in [-0.1, -0.05) is 66.5 Å². The molecule has 7 nitrogen and oxygen atoms in total. The Morgan fingerprint density at radius 3 is 2.55 bits per heavy atom. The second-order valence-corrected chi connectivity index (χ2v) is 7.47. The van der Waals surface area contributed by atoms with Gasteiger partial charge < -0.3 is 0 Å². The van der Waals surface area contributed by atoms with Crippen molar-refractivity contribution in [3.63, 3.8) is 0 Å². The summed E-state index contributed by atoms with van der Waals surface area (Å²) in [6.07, 6.45) is 8.23. The van der Waals surface area contributed by atoms with Gasteiger partial charge in [0, 0.05) is 18.0 Å². The quantitative estimate of drug-likeness (QED) is 0.435. The number of aromatic nitrogens is 1. The van der Waals surface area contributed by atoms with E-state index in [0.717, 1.165) is 17.3 Å². The van der Waals surface area contributed by atoms with Crippen molar-refractivity contribution in [1.29, 1.82) is 0 Å². The number of carbonyl (C=O) groups excluding carboxylic acids is 3. The molecular weight excluding hydrogens is 408 g/mol. The Labute approximate surface area is 176 Å². The molecule has 0 unspecified atom stereocenters. The van der Waals surface area contributed by atoms with Gasteiger partial charge in [-0.05, 0) is 23.8 Å². The fourth-order valence-electron chi connectivity index (χ4n) is 2.35. The summed E-state index contributed by atoms with van der Waals surface area (Å²) < 4.78 is 0.282. The average Bonchev–Trinajstić information content (AvgIpc) is 3.01. The molecule has 0 radical (unpaired) electrons. The zero-order valence-electron chi connectivity index (χ0n) is 15.1. The van der Waals surface area contributed by atoms with Crippen LogP contribution in [-0.4, -0.2) is 38.5 Å². The number of carbonyl (C=O) groups is 3. The predicted octanol–water partition coefficient (Wildman–Crippen LogP) is 2.30. The average molecular weight is 425 g/mol. The Morgan fingerprint density at radius 2 is 1.83 bits per heavy atom. The molecule has 3 rings (SSSR count). The Balaban J connectivity index is 1.54. The highest BCUT2D eigenvalue weighted by molar-refractivity contribution is 8.26. The first-order valence-electron chi connectivity index (χ1n) is 8.51. The molecule has 29 heavy (non-hydrogen) atoms. The minimum absolute atomic E-state index is 0.282. The normalized spacial score (nSPS) is 15.2. The predicted molar refractivity (Wildman–Crippen MR) is 115 cm³/mol. The number of pyridine rings is 1. The van der Waals surface area contributed by atoms with Crippen molar-refractivity contribution in [2.45, 2.75) is 0 Å². The van der Waals surface area contributed by atoms with Gasteiger partial charge in [-0.25, -0.2) is 0 Å². The Kier molecular flexibility index (Phi) is 6.88. The zero-order chi connectivity index (χ0) is 20.6. The number of hydrogen-bond acceptors (Lipinski definition) is 6. The molecule has 1 aromatic heterocycles. The largest absolute Gasteiger partial charge is 0.283 e. The molecule has 0 bridgehead atoms. The number of hydrazine groups is 1. The van der Waals surface area contributed by atoms with Gasteiger partial charge in [0.05, 0.1) is 4.91 Å². The van der Waals surface area contributed by atoms with Crippen LogP contribution in [-0.2, 0) is 9.59 Å². The molecule has 1 aromatic carbocycles. The molecule has 1 saturated heterocycles. The van der Waals surface area contributed by atoms with Crippen molar-refractivity contribution in [2.75, 3.05) is 6.54 Å². The van der Waals surface area contributed by atoms with E-state index >= 15 is 0 Å². The van der Waals surface area contributed by atoms with E-state index in [-0.39, 0.29) is 16.8 Å². The number of nitrogens with zero attached hydrogens (tertiary/aromatic N) is 2. The Hall–Kier alpha value is -3.30. The van der Waals surface area contributed by atoms with Gasteiger partial charge in [0.2, 0.25) is 0 Å². The van der Waals surface area contributed by atoms with Crippen LogP contribution in [0.5, 0.6) is 0 Å². The minimum Gasteiger partial charge on any atom is -0.283 e. The molecule has 2 heterocycles. The molecule has 2 aromatic rings. The summed E-state index contributed by atoms with van der Waals surface area (Å²) in [6, 6.07) is 12.7. The van der Waals surface area contributed by atoms with Crippen LogP contribution in [0.1, 0.15) is 15.9 Å². The van der Waals surface area contributed by atoms with E-state index in [9.17, 15) is 14.4 Å². The van der Waals surface area contributed by atoms with E-state index in [2.05, 4.69) is 15.8 Å². The molecule has 0 spiro atoms. The topological polar surface area (TPSA) is 91.4 Å². The molecule has 1 aliphatic rings. The van der Waals surface area contributed by atoms with Gasteiger partial charge in [0.15, 0.2) is 0 Å². The van der Waals surface area contributed by atoms with Crippen LogP contribution in [0.25, 0.3) is 6.08 Å².